The third-order valence-corrected chi connectivity index (χ3v) is 2.90. The van der Waals surface area contributed by atoms with Crippen molar-refractivity contribution in [2.45, 2.75) is 19.6 Å². The number of benzene rings is 1. The van der Waals surface area contributed by atoms with Crippen LogP contribution in [0, 0.1) is 0 Å². The highest BCUT2D eigenvalue weighted by molar-refractivity contribution is 5.85. The van der Waals surface area contributed by atoms with Gasteiger partial charge in [-0.15, -0.1) is 12.4 Å². The monoisotopic (exact) mass is 315 g/mol. The molecule has 0 amide bonds. The molecular weight excluding hydrogens is 297 g/mol. The van der Waals surface area contributed by atoms with Crippen molar-refractivity contribution in [1.82, 2.24) is 15.1 Å². The van der Waals surface area contributed by atoms with Crippen LogP contribution in [0.2, 0.25) is 0 Å². The van der Waals surface area contributed by atoms with Gasteiger partial charge >= 0.3 is 0 Å². The van der Waals surface area contributed by atoms with Crippen LogP contribution in [0.4, 0.5) is 4.39 Å². The molecule has 1 heterocycles. The molecule has 7 heteroatoms. The van der Waals surface area contributed by atoms with Gasteiger partial charge in [0.05, 0.1) is 19.9 Å². The number of phenols is 1. The van der Waals surface area contributed by atoms with Crippen LogP contribution in [0.1, 0.15) is 11.1 Å². The molecule has 0 bridgehead atoms. The van der Waals surface area contributed by atoms with E-state index in [9.17, 15) is 9.50 Å². The molecule has 0 aliphatic rings. The van der Waals surface area contributed by atoms with E-state index in [1.807, 2.05) is 12.3 Å². The minimum atomic E-state index is -0.415. The van der Waals surface area contributed by atoms with Gasteiger partial charge in [-0.1, -0.05) is 6.07 Å². The Hall–Kier alpha value is -1.79. The van der Waals surface area contributed by atoms with Crippen LogP contribution in [-0.2, 0) is 19.6 Å². The lowest BCUT2D eigenvalue weighted by Crippen LogP contribution is -2.12. The molecule has 1 aromatic heterocycles. The number of rotatable bonds is 7. The number of aromatic hydroxyl groups is 1. The third-order valence-electron chi connectivity index (χ3n) is 2.90. The maximum absolute atomic E-state index is 12.2. The molecule has 0 radical (unpaired) electrons. The number of hydrogen-bond donors (Lipinski definition) is 2. The van der Waals surface area contributed by atoms with Crippen molar-refractivity contribution in [2.24, 2.45) is 0 Å². The normalized spacial score (nSPS) is 10.2. The predicted molar refractivity (Wildman–Crippen MR) is 80.7 cm³/mol. The summed E-state index contributed by atoms with van der Waals surface area (Å²) in [7, 11) is 1.52. The number of phenolic OH excluding ortho intramolecular Hbond substituents is 1. The smallest absolute Gasteiger partial charge is 0.160 e. The zero-order chi connectivity index (χ0) is 14.4. The summed E-state index contributed by atoms with van der Waals surface area (Å²) < 4.78 is 18.8. The first kappa shape index (κ1) is 17.3. The fraction of sp³-hybridized carbons (Fsp3) is 0.357. The van der Waals surface area contributed by atoms with Crippen LogP contribution >= 0.6 is 12.4 Å². The summed E-state index contributed by atoms with van der Waals surface area (Å²) in [5.41, 5.74) is 2.01. The fourth-order valence-electron chi connectivity index (χ4n) is 1.89. The second kappa shape index (κ2) is 8.49. The molecule has 0 spiro atoms. The summed E-state index contributed by atoms with van der Waals surface area (Å²) in [4.78, 5) is 0. The van der Waals surface area contributed by atoms with Crippen molar-refractivity contribution < 1.29 is 14.2 Å². The Morgan fingerprint density at radius 3 is 2.81 bits per heavy atom. The van der Waals surface area contributed by atoms with Crippen molar-refractivity contribution in [3.8, 4) is 11.5 Å². The van der Waals surface area contributed by atoms with Crippen LogP contribution < -0.4 is 10.1 Å². The average molecular weight is 316 g/mol. The highest BCUT2D eigenvalue weighted by Crippen LogP contribution is 2.26. The van der Waals surface area contributed by atoms with Gasteiger partial charge in [-0.25, -0.2) is 4.39 Å². The van der Waals surface area contributed by atoms with Crippen LogP contribution in [0.5, 0.6) is 11.5 Å². The summed E-state index contributed by atoms with van der Waals surface area (Å²) in [5, 5.41) is 16.8. The minimum absolute atomic E-state index is 0. The highest BCUT2D eigenvalue weighted by Gasteiger charge is 2.03. The Kier molecular flexibility index (Phi) is 6.98. The zero-order valence-corrected chi connectivity index (χ0v) is 12.6. The van der Waals surface area contributed by atoms with Crippen molar-refractivity contribution >= 4 is 12.4 Å². The summed E-state index contributed by atoms with van der Waals surface area (Å²) in [6.07, 6.45) is 3.55. The van der Waals surface area contributed by atoms with Gasteiger partial charge in [0.15, 0.2) is 11.5 Å². The lowest BCUT2D eigenvalue weighted by Gasteiger charge is -2.07. The number of halogens is 2. The Bertz CT molecular complexity index is 563. The SMILES string of the molecule is COc1cc(CNCc2cnn(CCF)c2)ccc1O.Cl. The highest BCUT2D eigenvalue weighted by atomic mass is 35.5. The number of nitrogens with one attached hydrogen (secondary N) is 1. The number of methoxy groups -OCH3 is 1. The summed E-state index contributed by atoms with van der Waals surface area (Å²) in [5.74, 6) is 0.587. The van der Waals surface area contributed by atoms with Gasteiger partial charge in [0, 0.05) is 24.8 Å². The first-order chi connectivity index (χ1) is 9.72. The largest absolute Gasteiger partial charge is 0.504 e. The fourth-order valence-corrected chi connectivity index (χ4v) is 1.89. The molecule has 116 valence electrons. The molecule has 2 N–H and O–H groups in total. The Labute approximate surface area is 129 Å². The predicted octanol–water partition coefficient (Wildman–Crippen LogP) is 2.28. The van der Waals surface area contributed by atoms with Gasteiger partial charge in [0.25, 0.3) is 0 Å². The standard InChI is InChI=1S/C14H18FN3O2.ClH/c1-20-14-6-11(2-3-13(14)19)7-16-8-12-9-17-18(10-12)5-4-15;/h2-3,6,9-10,16,19H,4-5,7-8H2,1H3;1H. The maximum atomic E-state index is 12.2. The first-order valence-corrected chi connectivity index (χ1v) is 6.37. The van der Waals surface area contributed by atoms with Gasteiger partial charge in [-0.2, -0.15) is 5.10 Å². The molecule has 5 nitrogen and oxygen atoms in total. The molecule has 0 saturated carbocycles. The van der Waals surface area contributed by atoms with Crippen molar-refractivity contribution in [2.75, 3.05) is 13.8 Å². The molecule has 0 fully saturated rings. The first-order valence-electron chi connectivity index (χ1n) is 6.37. The summed E-state index contributed by atoms with van der Waals surface area (Å²) in [6, 6.07) is 5.22. The van der Waals surface area contributed by atoms with Gasteiger partial charge in [-0.3, -0.25) is 4.68 Å². The van der Waals surface area contributed by atoms with Gasteiger partial charge in [0.2, 0.25) is 0 Å². The molecule has 0 atom stereocenters. The molecule has 2 rings (SSSR count). The van der Waals surface area contributed by atoms with E-state index in [0.29, 0.717) is 18.8 Å². The number of nitrogens with zero attached hydrogens (tertiary/aromatic N) is 2. The molecule has 0 aliphatic heterocycles. The number of aryl methyl sites for hydroxylation is 1. The molecule has 0 aliphatic carbocycles. The van der Waals surface area contributed by atoms with E-state index in [1.54, 1.807) is 23.0 Å². The van der Waals surface area contributed by atoms with Gasteiger partial charge in [0.1, 0.15) is 6.67 Å². The van der Waals surface area contributed by atoms with Crippen molar-refractivity contribution in [3.05, 3.63) is 41.7 Å². The molecular formula is C14H19ClFN3O2. The van der Waals surface area contributed by atoms with E-state index in [1.165, 1.54) is 7.11 Å². The van der Waals surface area contributed by atoms with E-state index in [4.69, 9.17) is 4.74 Å². The van der Waals surface area contributed by atoms with E-state index in [2.05, 4.69) is 10.4 Å². The van der Waals surface area contributed by atoms with Crippen LogP contribution in [-0.4, -0.2) is 28.7 Å². The van der Waals surface area contributed by atoms with E-state index in [-0.39, 0.29) is 24.7 Å². The molecule has 2 aromatic rings. The molecule has 21 heavy (non-hydrogen) atoms. The van der Waals surface area contributed by atoms with Crippen LogP contribution in [0.15, 0.2) is 30.6 Å². The van der Waals surface area contributed by atoms with Crippen LogP contribution in [0.25, 0.3) is 0 Å². The van der Waals surface area contributed by atoms with E-state index in [0.717, 1.165) is 11.1 Å². The molecule has 0 unspecified atom stereocenters. The quantitative estimate of drug-likeness (QED) is 0.823. The summed E-state index contributed by atoms with van der Waals surface area (Å²) >= 11 is 0. The zero-order valence-electron chi connectivity index (χ0n) is 11.8. The lowest BCUT2D eigenvalue weighted by atomic mass is 10.2. The lowest BCUT2D eigenvalue weighted by molar-refractivity contribution is 0.373. The second-order valence-electron chi connectivity index (χ2n) is 4.41. The number of hydrogen-bond acceptors (Lipinski definition) is 4. The number of ether oxygens (including phenoxy) is 1. The maximum Gasteiger partial charge on any atom is 0.160 e. The minimum Gasteiger partial charge on any atom is -0.504 e. The average Bonchev–Trinajstić information content (AvgIpc) is 2.89. The topological polar surface area (TPSA) is 59.3 Å². The molecule has 1 aromatic carbocycles. The third kappa shape index (κ3) is 4.91. The van der Waals surface area contributed by atoms with Gasteiger partial charge in [-0.05, 0) is 17.7 Å². The Morgan fingerprint density at radius 1 is 1.33 bits per heavy atom. The Morgan fingerprint density at radius 2 is 2.10 bits per heavy atom. The number of aromatic nitrogens is 2. The van der Waals surface area contributed by atoms with Crippen molar-refractivity contribution in [1.29, 1.82) is 0 Å². The van der Waals surface area contributed by atoms with Crippen molar-refractivity contribution in [3.63, 3.8) is 0 Å². The van der Waals surface area contributed by atoms with E-state index < -0.39 is 6.67 Å². The number of alkyl halides is 1. The molecule has 0 saturated heterocycles. The Balaban J connectivity index is 0.00000220. The van der Waals surface area contributed by atoms with E-state index >= 15 is 0 Å². The summed E-state index contributed by atoms with van der Waals surface area (Å²) in [6.45, 7) is 1.16. The van der Waals surface area contributed by atoms with Crippen LogP contribution in [0.3, 0.4) is 0 Å². The second-order valence-corrected chi connectivity index (χ2v) is 4.41. The van der Waals surface area contributed by atoms with Gasteiger partial charge < -0.3 is 15.2 Å².